The Hall–Kier alpha value is -0.250. The van der Waals surface area contributed by atoms with Gasteiger partial charge in [0.1, 0.15) is 5.82 Å². The van der Waals surface area contributed by atoms with E-state index >= 15 is 0 Å². The fraction of sp³-hybridized carbons (Fsp3) is 0.600. The first-order valence-corrected chi connectivity index (χ1v) is 8.35. The Balaban J connectivity index is 1.88. The fourth-order valence-electron chi connectivity index (χ4n) is 2.52. The Morgan fingerprint density at radius 1 is 1.42 bits per heavy atom. The lowest BCUT2D eigenvalue weighted by Crippen LogP contribution is -2.31. The highest BCUT2D eigenvalue weighted by Crippen LogP contribution is 2.30. The zero-order chi connectivity index (χ0) is 13.7. The lowest BCUT2D eigenvalue weighted by atomic mass is 10.1. The Kier molecular flexibility index (Phi) is 5.99. The molecule has 1 saturated carbocycles. The Morgan fingerprint density at radius 3 is 2.84 bits per heavy atom. The van der Waals surface area contributed by atoms with Gasteiger partial charge in [-0.05, 0) is 37.9 Å². The van der Waals surface area contributed by atoms with Crippen molar-refractivity contribution in [1.82, 2.24) is 5.32 Å². The Morgan fingerprint density at radius 2 is 2.16 bits per heavy atom. The van der Waals surface area contributed by atoms with E-state index < -0.39 is 0 Å². The van der Waals surface area contributed by atoms with Crippen LogP contribution in [0.1, 0.15) is 31.2 Å². The van der Waals surface area contributed by atoms with Crippen LogP contribution < -0.4 is 5.32 Å². The first kappa shape index (κ1) is 15.1. The zero-order valence-corrected chi connectivity index (χ0v) is 12.9. The summed E-state index contributed by atoms with van der Waals surface area (Å²) >= 11 is 8.06. The molecule has 1 aromatic carbocycles. The molecule has 1 N–H and O–H groups in total. The lowest BCUT2D eigenvalue weighted by Gasteiger charge is -2.19. The summed E-state index contributed by atoms with van der Waals surface area (Å²) in [7, 11) is 1.97. The van der Waals surface area contributed by atoms with Gasteiger partial charge in [0.15, 0.2) is 0 Å². The van der Waals surface area contributed by atoms with Crippen LogP contribution in [0, 0.1) is 5.82 Å². The molecule has 2 rings (SSSR count). The van der Waals surface area contributed by atoms with E-state index in [0.717, 1.165) is 23.0 Å². The molecule has 0 spiro atoms. The van der Waals surface area contributed by atoms with E-state index in [1.54, 1.807) is 6.07 Å². The highest BCUT2D eigenvalue weighted by atomic mass is 35.5. The number of benzene rings is 1. The molecule has 0 aliphatic heterocycles. The topological polar surface area (TPSA) is 12.0 Å². The van der Waals surface area contributed by atoms with Crippen molar-refractivity contribution >= 4 is 23.4 Å². The minimum Gasteiger partial charge on any atom is -0.316 e. The van der Waals surface area contributed by atoms with E-state index in [2.05, 4.69) is 5.32 Å². The maximum absolute atomic E-state index is 13.4. The lowest BCUT2D eigenvalue weighted by molar-refractivity contribution is 0.602. The van der Waals surface area contributed by atoms with E-state index in [0.29, 0.717) is 6.04 Å². The second-order valence-corrected chi connectivity index (χ2v) is 6.85. The summed E-state index contributed by atoms with van der Waals surface area (Å²) in [6.07, 6.45) is 6.23. The summed E-state index contributed by atoms with van der Waals surface area (Å²) in [4.78, 5) is 0. The summed E-state index contributed by atoms with van der Waals surface area (Å²) in [6, 6.07) is 5.40. The smallest absolute Gasteiger partial charge is 0.142 e. The molecule has 0 radical (unpaired) electrons. The van der Waals surface area contributed by atoms with Gasteiger partial charge >= 0.3 is 0 Å². The first-order chi connectivity index (χ1) is 9.20. The van der Waals surface area contributed by atoms with E-state index in [1.165, 1.54) is 31.7 Å². The number of thioether (sulfide) groups is 1. The average Bonchev–Trinajstić information content (AvgIpc) is 2.92. The molecule has 1 aliphatic carbocycles. The second kappa shape index (κ2) is 7.51. The SMILES string of the molecule is CNC(CSC1CCCC1)Cc1cccc(F)c1Cl. The minimum atomic E-state index is -0.322. The van der Waals surface area contributed by atoms with Crippen molar-refractivity contribution in [2.24, 2.45) is 0 Å². The van der Waals surface area contributed by atoms with Gasteiger partial charge in [0, 0.05) is 17.0 Å². The number of hydrogen-bond acceptors (Lipinski definition) is 2. The van der Waals surface area contributed by atoms with Crippen LogP contribution in [0.3, 0.4) is 0 Å². The Bertz CT molecular complexity index is 407. The quantitative estimate of drug-likeness (QED) is 0.841. The van der Waals surface area contributed by atoms with Crippen LogP contribution >= 0.6 is 23.4 Å². The van der Waals surface area contributed by atoms with Gasteiger partial charge in [-0.3, -0.25) is 0 Å². The number of hydrogen-bond donors (Lipinski definition) is 1. The van der Waals surface area contributed by atoms with Crippen LogP contribution in [0.15, 0.2) is 18.2 Å². The summed E-state index contributed by atoms with van der Waals surface area (Å²) in [5, 5.41) is 4.41. The van der Waals surface area contributed by atoms with Crippen LogP contribution in [-0.4, -0.2) is 24.1 Å². The third-order valence-electron chi connectivity index (χ3n) is 3.74. The van der Waals surface area contributed by atoms with Crippen LogP contribution in [0.2, 0.25) is 5.02 Å². The molecule has 0 heterocycles. The molecule has 1 aromatic rings. The molecule has 0 saturated heterocycles. The monoisotopic (exact) mass is 301 g/mol. The minimum absolute atomic E-state index is 0.272. The maximum Gasteiger partial charge on any atom is 0.142 e. The van der Waals surface area contributed by atoms with Crippen molar-refractivity contribution in [1.29, 1.82) is 0 Å². The van der Waals surface area contributed by atoms with Crippen molar-refractivity contribution in [3.8, 4) is 0 Å². The molecule has 1 fully saturated rings. The van der Waals surface area contributed by atoms with Crippen LogP contribution in [0.25, 0.3) is 0 Å². The van der Waals surface area contributed by atoms with Crippen molar-refractivity contribution in [3.63, 3.8) is 0 Å². The standard InChI is InChI=1S/C15H21ClFNS/c1-18-12(10-19-13-6-2-3-7-13)9-11-5-4-8-14(17)15(11)16/h4-5,8,12-13,18H,2-3,6-7,9-10H2,1H3. The predicted octanol–water partition coefficient (Wildman–Crippen LogP) is 4.29. The molecule has 0 amide bonds. The molecular formula is C15H21ClFNS. The van der Waals surface area contributed by atoms with Crippen LogP contribution in [0.5, 0.6) is 0 Å². The maximum atomic E-state index is 13.4. The van der Waals surface area contributed by atoms with Gasteiger partial charge in [0.2, 0.25) is 0 Å². The highest BCUT2D eigenvalue weighted by molar-refractivity contribution is 7.99. The second-order valence-electron chi connectivity index (χ2n) is 5.14. The van der Waals surface area contributed by atoms with Gasteiger partial charge < -0.3 is 5.32 Å². The highest BCUT2D eigenvalue weighted by Gasteiger charge is 2.18. The molecule has 19 heavy (non-hydrogen) atoms. The summed E-state index contributed by atoms with van der Waals surface area (Å²) in [5.41, 5.74) is 0.896. The third kappa shape index (κ3) is 4.37. The van der Waals surface area contributed by atoms with Crippen LogP contribution in [0.4, 0.5) is 4.39 Å². The molecule has 1 nitrogen and oxygen atoms in total. The molecule has 106 valence electrons. The van der Waals surface area contributed by atoms with Gasteiger partial charge in [0.05, 0.1) is 5.02 Å². The van der Waals surface area contributed by atoms with Crippen molar-refractivity contribution in [2.75, 3.05) is 12.8 Å². The van der Waals surface area contributed by atoms with Gasteiger partial charge in [-0.25, -0.2) is 4.39 Å². The number of halogens is 2. The summed E-state index contributed by atoms with van der Waals surface area (Å²) in [6.45, 7) is 0. The first-order valence-electron chi connectivity index (χ1n) is 6.92. The van der Waals surface area contributed by atoms with Crippen molar-refractivity contribution in [3.05, 3.63) is 34.6 Å². The number of rotatable bonds is 6. The van der Waals surface area contributed by atoms with Gasteiger partial charge in [-0.2, -0.15) is 11.8 Å². The van der Waals surface area contributed by atoms with Gasteiger partial charge in [-0.1, -0.05) is 36.6 Å². The number of likely N-dealkylation sites (N-methyl/N-ethyl adjacent to an activating group) is 1. The largest absolute Gasteiger partial charge is 0.316 e. The van der Waals surface area contributed by atoms with E-state index in [4.69, 9.17) is 11.6 Å². The normalized spacial score (nSPS) is 17.8. The van der Waals surface area contributed by atoms with Crippen LogP contribution in [-0.2, 0) is 6.42 Å². The molecule has 4 heteroatoms. The molecule has 0 bridgehead atoms. The predicted molar refractivity (Wildman–Crippen MR) is 82.7 cm³/mol. The molecule has 0 aromatic heterocycles. The third-order valence-corrected chi connectivity index (χ3v) is 5.70. The molecule has 1 unspecified atom stereocenters. The van der Waals surface area contributed by atoms with E-state index in [1.807, 2.05) is 24.9 Å². The zero-order valence-electron chi connectivity index (χ0n) is 11.3. The summed E-state index contributed by atoms with van der Waals surface area (Å²) in [5.74, 6) is 0.742. The van der Waals surface area contributed by atoms with Gasteiger partial charge in [-0.15, -0.1) is 0 Å². The van der Waals surface area contributed by atoms with E-state index in [-0.39, 0.29) is 10.8 Å². The van der Waals surface area contributed by atoms with Crippen molar-refractivity contribution < 1.29 is 4.39 Å². The molecular weight excluding hydrogens is 281 g/mol. The summed E-state index contributed by atoms with van der Waals surface area (Å²) < 4.78 is 13.4. The van der Waals surface area contributed by atoms with Crippen molar-refractivity contribution in [2.45, 2.75) is 43.4 Å². The fourth-order valence-corrected chi connectivity index (χ4v) is 4.18. The molecule has 1 atom stereocenters. The average molecular weight is 302 g/mol. The molecule has 1 aliphatic rings. The van der Waals surface area contributed by atoms with E-state index in [9.17, 15) is 4.39 Å². The number of nitrogens with one attached hydrogen (secondary N) is 1. The Labute approximate surface area is 124 Å². The van der Waals surface area contributed by atoms with Gasteiger partial charge in [0.25, 0.3) is 0 Å².